The van der Waals surface area contributed by atoms with Crippen molar-refractivity contribution >= 4 is 11.6 Å². The van der Waals surface area contributed by atoms with Crippen molar-refractivity contribution in [3.05, 3.63) is 28.8 Å². The van der Waals surface area contributed by atoms with Gasteiger partial charge in [-0.05, 0) is 6.07 Å². The SMILES string of the molecule is COC(CNCc1cccc(Cl)c1O)OC. The Bertz CT molecular complexity index is 329. The van der Waals surface area contributed by atoms with Gasteiger partial charge in [-0.25, -0.2) is 0 Å². The summed E-state index contributed by atoms with van der Waals surface area (Å²) in [5.74, 6) is 0.114. The minimum absolute atomic E-state index is 0.114. The van der Waals surface area contributed by atoms with Crippen LogP contribution in [0, 0.1) is 0 Å². The van der Waals surface area contributed by atoms with E-state index in [1.54, 1.807) is 26.4 Å². The van der Waals surface area contributed by atoms with Crippen LogP contribution in [0.25, 0.3) is 0 Å². The number of phenolic OH excluding ortho intramolecular Hbond substituents is 1. The third-order valence-corrected chi connectivity index (χ3v) is 2.53. The summed E-state index contributed by atoms with van der Waals surface area (Å²) in [6.45, 7) is 1.05. The van der Waals surface area contributed by atoms with Gasteiger partial charge in [0, 0.05) is 32.9 Å². The number of ether oxygens (including phenoxy) is 2. The Kier molecular flexibility index (Phi) is 5.55. The second-order valence-corrected chi connectivity index (χ2v) is 3.69. The van der Waals surface area contributed by atoms with Gasteiger partial charge in [0.05, 0.1) is 5.02 Å². The Morgan fingerprint density at radius 1 is 1.38 bits per heavy atom. The summed E-state index contributed by atoms with van der Waals surface area (Å²) in [5, 5.41) is 13.1. The molecule has 0 aliphatic heterocycles. The van der Waals surface area contributed by atoms with Crippen LogP contribution in [-0.4, -0.2) is 32.2 Å². The van der Waals surface area contributed by atoms with Gasteiger partial charge in [-0.3, -0.25) is 0 Å². The average Bonchev–Trinajstić information content (AvgIpc) is 2.30. The molecule has 0 amide bonds. The molecule has 16 heavy (non-hydrogen) atoms. The molecule has 0 fully saturated rings. The summed E-state index contributed by atoms with van der Waals surface area (Å²) in [6.07, 6.45) is -0.290. The molecule has 5 heteroatoms. The van der Waals surface area contributed by atoms with E-state index in [1.165, 1.54) is 0 Å². The first-order chi connectivity index (χ1) is 7.69. The molecular weight excluding hydrogens is 230 g/mol. The Morgan fingerprint density at radius 3 is 2.69 bits per heavy atom. The van der Waals surface area contributed by atoms with E-state index in [2.05, 4.69) is 5.32 Å². The second kappa shape index (κ2) is 6.70. The molecular formula is C11H16ClNO3. The average molecular weight is 246 g/mol. The summed E-state index contributed by atoms with van der Waals surface area (Å²) >= 11 is 5.78. The molecule has 0 spiro atoms. The van der Waals surface area contributed by atoms with Gasteiger partial charge in [0.25, 0.3) is 0 Å². The first-order valence-corrected chi connectivity index (χ1v) is 5.29. The highest BCUT2D eigenvalue weighted by atomic mass is 35.5. The molecule has 1 rings (SSSR count). The highest BCUT2D eigenvalue weighted by molar-refractivity contribution is 6.32. The van der Waals surface area contributed by atoms with E-state index in [0.29, 0.717) is 18.1 Å². The maximum Gasteiger partial charge on any atom is 0.169 e. The van der Waals surface area contributed by atoms with Crippen LogP contribution in [0.3, 0.4) is 0 Å². The number of halogens is 1. The fraction of sp³-hybridized carbons (Fsp3) is 0.455. The topological polar surface area (TPSA) is 50.7 Å². The van der Waals surface area contributed by atoms with E-state index in [9.17, 15) is 5.11 Å². The first-order valence-electron chi connectivity index (χ1n) is 4.91. The van der Waals surface area contributed by atoms with E-state index in [-0.39, 0.29) is 12.0 Å². The Labute approximate surface area is 100 Å². The molecule has 4 nitrogen and oxygen atoms in total. The summed E-state index contributed by atoms with van der Waals surface area (Å²) in [5.41, 5.74) is 0.749. The second-order valence-electron chi connectivity index (χ2n) is 3.28. The third-order valence-electron chi connectivity index (χ3n) is 2.22. The minimum Gasteiger partial charge on any atom is -0.506 e. The zero-order chi connectivity index (χ0) is 12.0. The minimum atomic E-state index is -0.290. The molecule has 0 unspecified atom stereocenters. The van der Waals surface area contributed by atoms with Crippen LogP contribution in [-0.2, 0) is 16.0 Å². The van der Waals surface area contributed by atoms with Gasteiger partial charge >= 0.3 is 0 Å². The highest BCUT2D eigenvalue weighted by Crippen LogP contribution is 2.26. The van der Waals surface area contributed by atoms with E-state index >= 15 is 0 Å². The normalized spacial score (nSPS) is 11.0. The summed E-state index contributed by atoms with van der Waals surface area (Å²) < 4.78 is 10.0. The van der Waals surface area contributed by atoms with E-state index < -0.39 is 0 Å². The number of benzene rings is 1. The molecule has 1 aromatic rings. The maximum absolute atomic E-state index is 9.64. The number of rotatable bonds is 6. The lowest BCUT2D eigenvalue weighted by Gasteiger charge is -2.14. The Hall–Kier alpha value is -0.810. The summed E-state index contributed by atoms with van der Waals surface area (Å²) in [6, 6.07) is 5.25. The highest BCUT2D eigenvalue weighted by Gasteiger charge is 2.07. The van der Waals surface area contributed by atoms with Gasteiger partial charge in [-0.2, -0.15) is 0 Å². The number of phenols is 1. The number of methoxy groups -OCH3 is 2. The molecule has 0 atom stereocenters. The predicted octanol–water partition coefficient (Wildman–Crippen LogP) is 1.75. The van der Waals surface area contributed by atoms with Crippen LogP contribution >= 0.6 is 11.6 Å². The van der Waals surface area contributed by atoms with Crippen molar-refractivity contribution in [3.8, 4) is 5.75 Å². The van der Waals surface area contributed by atoms with Crippen molar-refractivity contribution in [2.24, 2.45) is 0 Å². The van der Waals surface area contributed by atoms with Crippen molar-refractivity contribution in [2.45, 2.75) is 12.8 Å². The quantitative estimate of drug-likeness (QED) is 0.750. The summed E-state index contributed by atoms with van der Waals surface area (Å²) in [4.78, 5) is 0. The van der Waals surface area contributed by atoms with E-state index in [1.807, 2.05) is 6.07 Å². The van der Waals surface area contributed by atoms with Crippen molar-refractivity contribution in [1.29, 1.82) is 0 Å². The molecule has 0 saturated carbocycles. The molecule has 1 aromatic carbocycles. The molecule has 2 N–H and O–H groups in total. The number of hydrogen-bond donors (Lipinski definition) is 2. The largest absolute Gasteiger partial charge is 0.506 e. The van der Waals surface area contributed by atoms with Crippen LogP contribution in [0.2, 0.25) is 5.02 Å². The number of para-hydroxylation sites is 1. The van der Waals surface area contributed by atoms with Crippen LogP contribution in [0.1, 0.15) is 5.56 Å². The molecule has 90 valence electrons. The standard InChI is InChI=1S/C11H16ClNO3/c1-15-10(16-2)7-13-6-8-4-3-5-9(12)11(8)14/h3-5,10,13-14H,6-7H2,1-2H3. The lowest BCUT2D eigenvalue weighted by Crippen LogP contribution is -2.29. The summed E-state index contributed by atoms with van der Waals surface area (Å²) in [7, 11) is 3.15. The number of nitrogens with one attached hydrogen (secondary N) is 1. The zero-order valence-electron chi connectivity index (χ0n) is 9.37. The van der Waals surface area contributed by atoms with Gasteiger partial charge in [0.2, 0.25) is 0 Å². The van der Waals surface area contributed by atoms with Gasteiger partial charge in [0.15, 0.2) is 6.29 Å². The van der Waals surface area contributed by atoms with Crippen LogP contribution in [0.4, 0.5) is 0 Å². The molecule has 0 aliphatic rings. The fourth-order valence-electron chi connectivity index (χ4n) is 1.29. The Balaban J connectivity index is 2.46. The molecule has 0 heterocycles. The third kappa shape index (κ3) is 3.64. The molecule has 0 aromatic heterocycles. The van der Waals surface area contributed by atoms with Gasteiger partial charge in [-0.1, -0.05) is 23.7 Å². The van der Waals surface area contributed by atoms with E-state index in [0.717, 1.165) is 5.56 Å². The predicted molar refractivity (Wildman–Crippen MR) is 62.6 cm³/mol. The fourth-order valence-corrected chi connectivity index (χ4v) is 1.48. The van der Waals surface area contributed by atoms with Gasteiger partial charge in [-0.15, -0.1) is 0 Å². The van der Waals surface area contributed by atoms with Crippen molar-refractivity contribution in [3.63, 3.8) is 0 Å². The van der Waals surface area contributed by atoms with Gasteiger partial charge in [0.1, 0.15) is 5.75 Å². The van der Waals surface area contributed by atoms with E-state index in [4.69, 9.17) is 21.1 Å². The van der Waals surface area contributed by atoms with Gasteiger partial charge < -0.3 is 19.9 Å². The van der Waals surface area contributed by atoms with Crippen molar-refractivity contribution in [2.75, 3.05) is 20.8 Å². The first kappa shape index (κ1) is 13.3. The van der Waals surface area contributed by atoms with Crippen molar-refractivity contribution < 1.29 is 14.6 Å². The Morgan fingerprint density at radius 2 is 2.06 bits per heavy atom. The lowest BCUT2D eigenvalue weighted by molar-refractivity contribution is -0.0989. The smallest absolute Gasteiger partial charge is 0.169 e. The number of aromatic hydroxyl groups is 1. The van der Waals surface area contributed by atoms with Crippen LogP contribution < -0.4 is 5.32 Å². The maximum atomic E-state index is 9.64. The molecule has 0 saturated heterocycles. The van der Waals surface area contributed by atoms with Crippen LogP contribution in [0.15, 0.2) is 18.2 Å². The van der Waals surface area contributed by atoms with Crippen LogP contribution in [0.5, 0.6) is 5.75 Å². The molecule has 0 aliphatic carbocycles. The molecule has 0 bridgehead atoms. The lowest BCUT2D eigenvalue weighted by atomic mass is 10.2. The molecule has 0 radical (unpaired) electrons. The monoisotopic (exact) mass is 245 g/mol. The number of hydrogen-bond acceptors (Lipinski definition) is 4. The zero-order valence-corrected chi connectivity index (χ0v) is 10.1. The van der Waals surface area contributed by atoms with Crippen molar-refractivity contribution in [1.82, 2.24) is 5.32 Å².